The molecule has 2 aromatic rings. The van der Waals surface area contributed by atoms with Crippen molar-refractivity contribution >= 4 is 29.3 Å². The van der Waals surface area contributed by atoms with Crippen LogP contribution in [0.15, 0.2) is 47.1 Å². The van der Waals surface area contributed by atoms with Gasteiger partial charge in [-0.15, -0.1) is 0 Å². The molecule has 1 saturated heterocycles. The molecule has 9 nitrogen and oxygen atoms in total. The summed E-state index contributed by atoms with van der Waals surface area (Å²) in [6, 6.07) is 9.27. The first kappa shape index (κ1) is 19.7. The van der Waals surface area contributed by atoms with Crippen molar-refractivity contribution in [2.24, 2.45) is 0 Å². The predicted molar refractivity (Wildman–Crippen MR) is 107 cm³/mol. The average molecular weight is 410 g/mol. The largest absolute Gasteiger partial charge is 0.459 e. The van der Waals surface area contributed by atoms with E-state index >= 15 is 0 Å². The second-order valence-electron chi connectivity index (χ2n) is 7.25. The number of hydrogen-bond donors (Lipinski definition) is 2. The minimum absolute atomic E-state index is 0.107. The van der Waals surface area contributed by atoms with E-state index in [2.05, 4.69) is 10.6 Å². The van der Waals surface area contributed by atoms with Gasteiger partial charge in [-0.05, 0) is 30.7 Å². The molecule has 2 aliphatic heterocycles. The Kier molecular flexibility index (Phi) is 5.51. The van der Waals surface area contributed by atoms with Gasteiger partial charge in [-0.3, -0.25) is 19.2 Å². The van der Waals surface area contributed by atoms with Crippen molar-refractivity contribution in [2.75, 3.05) is 31.5 Å². The fourth-order valence-corrected chi connectivity index (χ4v) is 3.66. The minimum Gasteiger partial charge on any atom is -0.459 e. The van der Waals surface area contributed by atoms with E-state index in [1.54, 1.807) is 46.2 Å². The Labute approximate surface area is 173 Å². The maximum atomic E-state index is 12.6. The van der Waals surface area contributed by atoms with Gasteiger partial charge in [0.25, 0.3) is 11.8 Å². The molecule has 0 radical (unpaired) electrons. The van der Waals surface area contributed by atoms with Gasteiger partial charge in [-0.2, -0.15) is 0 Å². The van der Waals surface area contributed by atoms with Crippen molar-refractivity contribution in [1.29, 1.82) is 0 Å². The highest BCUT2D eigenvalue weighted by Gasteiger charge is 2.30. The van der Waals surface area contributed by atoms with Crippen LogP contribution in [0.2, 0.25) is 0 Å². The summed E-state index contributed by atoms with van der Waals surface area (Å²) in [4.78, 5) is 53.0. The van der Waals surface area contributed by atoms with Crippen LogP contribution in [0, 0.1) is 0 Å². The van der Waals surface area contributed by atoms with E-state index in [9.17, 15) is 19.2 Å². The number of hydrogen-bond acceptors (Lipinski definition) is 5. The molecule has 9 heteroatoms. The van der Waals surface area contributed by atoms with Crippen molar-refractivity contribution in [3.8, 4) is 0 Å². The zero-order valence-electron chi connectivity index (χ0n) is 16.3. The molecule has 3 heterocycles. The first-order valence-corrected chi connectivity index (χ1v) is 9.84. The summed E-state index contributed by atoms with van der Waals surface area (Å²) in [5.74, 6) is -0.694. The normalized spacial score (nSPS) is 18.9. The smallest absolute Gasteiger partial charge is 0.289 e. The Morgan fingerprint density at radius 2 is 1.73 bits per heavy atom. The van der Waals surface area contributed by atoms with Gasteiger partial charge in [0, 0.05) is 32.6 Å². The maximum Gasteiger partial charge on any atom is 0.289 e. The van der Waals surface area contributed by atoms with E-state index in [0.29, 0.717) is 37.4 Å². The lowest BCUT2D eigenvalue weighted by atomic mass is 10.1. The van der Waals surface area contributed by atoms with Crippen molar-refractivity contribution in [3.63, 3.8) is 0 Å². The molecule has 2 N–H and O–H groups in total. The van der Waals surface area contributed by atoms with Crippen LogP contribution in [0.3, 0.4) is 0 Å². The molecule has 0 unspecified atom stereocenters. The molecule has 0 saturated carbocycles. The molecule has 4 rings (SSSR count). The topological polar surface area (TPSA) is 112 Å². The Balaban J connectivity index is 1.29. The number of carbonyl (C=O) groups excluding carboxylic acids is 4. The molecule has 1 aromatic heterocycles. The van der Waals surface area contributed by atoms with Crippen molar-refractivity contribution in [2.45, 2.75) is 18.9 Å². The highest BCUT2D eigenvalue weighted by molar-refractivity contribution is 6.09. The first-order chi connectivity index (χ1) is 14.5. The monoisotopic (exact) mass is 410 g/mol. The lowest BCUT2D eigenvalue weighted by Crippen LogP contribution is -2.51. The molecule has 1 atom stereocenters. The SMILES string of the molecule is O=C1N[C@H](CCC(=O)N2CCN(C(=O)c3ccco3)CC2)C(=O)Nc2ccccc21. The lowest BCUT2D eigenvalue weighted by Gasteiger charge is -2.34. The molecule has 0 aliphatic carbocycles. The fourth-order valence-electron chi connectivity index (χ4n) is 3.66. The van der Waals surface area contributed by atoms with Gasteiger partial charge in [-0.25, -0.2) is 0 Å². The van der Waals surface area contributed by atoms with E-state index in [0.717, 1.165) is 0 Å². The maximum absolute atomic E-state index is 12.6. The van der Waals surface area contributed by atoms with E-state index in [4.69, 9.17) is 4.42 Å². The molecular formula is C21H22N4O5. The molecule has 0 spiro atoms. The number of para-hydroxylation sites is 1. The number of nitrogens with zero attached hydrogens (tertiary/aromatic N) is 2. The van der Waals surface area contributed by atoms with Crippen LogP contribution in [0.5, 0.6) is 0 Å². The fraction of sp³-hybridized carbons (Fsp3) is 0.333. The molecule has 1 aromatic carbocycles. The van der Waals surface area contributed by atoms with Crippen LogP contribution < -0.4 is 10.6 Å². The number of benzene rings is 1. The molecular weight excluding hydrogens is 388 g/mol. The van der Waals surface area contributed by atoms with E-state index in [1.807, 2.05) is 0 Å². The summed E-state index contributed by atoms with van der Waals surface area (Å²) in [5, 5.41) is 5.43. The van der Waals surface area contributed by atoms with Crippen molar-refractivity contribution in [1.82, 2.24) is 15.1 Å². The van der Waals surface area contributed by atoms with Gasteiger partial charge in [0.05, 0.1) is 17.5 Å². The number of rotatable bonds is 4. The van der Waals surface area contributed by atoms with Gasteiger partial charge in [0.1, 0.15) is 6.04 Å². The van der Waals surface area contributed by atoms with Crippen molar-refractivity contribution < 1.29 is 23.6 Å². The van der Waals surface area contributed by atoms with E-state index < -0.39 is 6.04 Å². The van der Waals surface area contributed by atoms with Gasteiger partial charge < -0.3 is 24.9 Å². The number of furan rings is 1. The average Bonchev–Trinajstić information content (AvgIpc) is 3.27. The van der Waals surface area contributed by atoms with Gasteiger partial charge in [-0.1, -0.05) is 12.1 Å². The van der Waals surface area contributed by atoms with Crippen LogP contribution >= 0.6 is 0 Å². The molecule has 1 fully saturated rings. The molecule has 156 valence electrons. The van der Waals surface area contributed by atoms with Gasteiger partial charge >= 0.3 is 0 Å². The van der Waals surface area contributed by atoms with Crippen LogP contribution in [-0.2, 0) is 9.59 Å². The van der Waals surface area contributed by atoms with E-state index in [-0.39, 0.29) is 42.2 Å². The molecule has 2 aliphatic rings. The van der Waals surface area contributed by atoms with E-state index in [1.165, 1.54) is 6.26 Å². The van der Waals surface area contributed by atoms with Gasteiger partial charge in [0.15, 0.2) is 5.76 Å². The summed E-state index contributed by atoms with van der Waals surface area (Å²) in [7, 11) is 0. The number of amides is 4. The number of anilines is 1. The minimum atomic E-state index is -0.782. The van der Waals surface area contributed by atoms with Crippen LogP contribution in [0.1, 0.15) is 33.8 Å². The Bertz CT molecular complexity index is 964. The summed E-state index contributed by atoms with van der Waals surface area (Å²) in [5.41, 5.74) is 0.864. The standard InChI is InChI=1S/C21H22N4O5/c26-18(24-9-11-25(12-10-24)21(29)17-6-3-13-30-17)8-7-16-20(28)22-15-5-2-1-4-14(15)19(27)23-16/h1-6,13,16H,7-12H2,(H,22,28)(H,23,27)/t16-/m1/s1. The van der Waals surface area contributed by atoms with Crippen LogP contribution in [0.25, 0.3) is 0 Å². The molecule has 4 amide bonds. The highest BCUT2D eigenvalue weighted by atomic mass is 16.3. The van der Waals surface area contributed by atoms with Crippen LogP contribution in [0.4, 0.5) is 5.69 Å². The molecule has 0 bridgehead atoms. The number of piperazine rings is 1. The third-order valence-corrected chi connectivity index (χ3v) is 5.35. The highest BCUT2D eigenvalue weighted by Crippen LogP contribution is 2.19. The molecule has 30 heavy (non-hydrogen) atoms. The Hall–Kier alpha value is -3.62. The summed E-state index contributed by atoms with van der Waals surface area (Å²) < 4.78 is 5.14. The second-order valence-corrected chi connectivity index (χ2v) is 7.25. The Morgan fingerprint density at radius 3 is 2.47 bits per heavy atom. The first-order valence-electron chi connectivity index (χ1n) is 9.84. The number of carbonyl (C=O) groups is 4. The summed E-state index contributed by atoms with van der Waals surface area (Å²) in [6.45, 7) is 1.67. The number of nitrogens with one attached hydrogen (secondary N) is 2. The second kappa shape index (κ2) is 8.40. The third kappa shape index (κ3) is 4.05. The quantitative estimate of drug-likeness (QED) is 0.784. The van der Waals surface area contributed by atoms with Crippen molar-refractivity contribution in [3.05, 3.63) is 54.0 Å². The van der Waals surface area contributed by atoms with Gasteiger partial charge in [0.2, 0.25) is 11.8 Å². The zero-order chi connectivity index (χ0) is 21.1. The summed E-state index contributed by atoms with van der Waals surface area (Å²) in [6.07, 6.45) is 1.78. The summed E-state index contributed by atoms with van der Waals surface area (Å²) >= 11 is 0. The predicted octanol–water partition coefficient (Wildman–Crippen LogP) is 1.09. The number of fused-ring (bicyclic) bond motifs is 1. The zero-order valence-corrected chi connectivity index (χ0v) is 16.3. The van der Waals surface area contributed by atoms with Crippen LogP contribution in [-0.4, -0.2) is 65.6 Å². The lowest BCUT2D eigenvalue weighted by molar-refractivity contribution is -0.133. The Morgan fingerprint density at radius 1 is 1.00 bits per heavy atom. The third-order valence-electron chi connectivity index (χ3n) is 5.35.